The van der Waals surface area contributed by atoms with Crippen molar-refractivity contribution in [2.45, 2.75) is 32.0 Å². The average Bonchev–Trinajstić information content (AvgIpc) is 2.88. The van der Waals surface area contributed by atoms with Gasteiger partial charge in [-0.3, -0.25) is 9.58 Å². The summed E-state index contributed by atoms with van der Waals surface area (Å²) in [5.41, 5.74) is 2.73. The van der Waals surface area contributed by atoms with Crippen molar-refractivity contribution in [3.63, 3.8) is 0 Å². The zero-order valence-corrected chi connectivity index (χ0v) is 15.4. The maximum atomic E-state index is 4.26. The van der Waals surface area contributed by atoms with Crippen molar-refractivity contribution < 1.29 is 0 Å². The zero-order chi connectivity index (χ0) is 14.8. The van der Waals surface area contributed by atoms with E-state index < -0.39 is 0 Å². The molecule has 1 aromatic heterocycles. The quantitative estimate of drug-likeness (QED) is 0.900. The van der Waals surface area contributed by atoms with Crippen LogP contribution >= 0.6 is 24.8 Å². The van der Waals surface area contributed by atoms with Crippen LogP contribution in [0, 0.1) is 5.92 Å². The first-order valence-corrected chi connectivity index (χ1v) is 8.36. The molecule has 2 aromatic rings. The Bertz CT molecular complexity index is 578. The van der Waals surface area contributed by atoms with Gasteiger partial charge in [0.2, 0.25) is 0 Å². The van der Waals surface area contributed by atoms with Gasteiger partial charge in [-0.05, 0) is 42.5 Å². The van der Waals surface area contributed by atoms with Gasteiger partial charge in [0.15, 0.2) is 0 Å². The highest BCUT2D eigenvalue weighted by atomic mass is 35.5. The molecule has 3 aliphatic rings. The van der Waals surface area contributed by atoms with Crippen LogP contribution in [0.25, 0.3) is 0 Å². The van der Waals surface area contributed by atoms with Crippen LogP contribution in [-0.4, -0.2) is 40.4 Å². The van der Waals surface area contributed by atoms with Gasteiger partial charge < -0.3 is 5.32 Å². The second-order valence-electron chi connectivity index (χ2n) is 6.76. The monoisotopic (exact) mass is 368 g/mol. The van der Waals surface area contributed by atoms with Crippen LogP contribution < -0.4 is 5.32 Å². The SMILES string of the molecule is Cl.Cl.c1cnn(Cc2ccc(CN3C[C@H]4CC[C@@H](C3)NC4)cc2)c1. The molecule has 3 saturated heterocycles. The fourth-order valence-corrected chi connectivity index (χ4v) is 3.76. The molecule has 2 atom stereocenters. The maximum Gasteiger partial charge on any atom is 0.0659 e. The molecular weight excluding hydrogens is 343 g/mol. The largest absolute Gasteiger partial charge is 0.312 e. The average molecular weight is 369 g/mol. The Hall–Kier alpha value is -1.07. The second kappa shape index (κ2) is 8.86. The van der Waals surface area contributed by atoms with Gasteiger partial charge in [0, 0.05) is 38.1 Å². The number of hydrogen-bond acceptors (Lipinski definition) is 3. The Morgan fingerprint density at radius 2 is 1.75 bits per heavy atom. The molecule has 24 heavy (non-hydrogen) atoms. The Kier molecular flexibility index (Phi) is 7.11. The lowest BCUT2D eigenvalue weighted by atomic mass is 9.97. The van der Waals surface area contributed by atoms with E-state index in [1.807, 2.05) is 23.1 Å². The van der Waals surface area contributed by atoms with Crippen LogP contribution in [0.15, 0.2) is 42.7 Å². The third kappa shape index (κ3) is 4.73. The molecule has 1 aromatic carbocycles. The first-order valence-electron chi connectivity index (χ1n) is 8.36. The van der Waals surface area contributed by atoms with E-state index in [0.29, 0.717) is 6.04 Å². The highest BCUT2D eigenvalue weighted by molar-refractivity contribution is 5.85. The summed E-state index contributed by atoms with van der Waals surface area (Å²) in [7, 11) is 0. The molecule has 0 saturated carbocycles. The van der Waals surface area contributed by atoms with Crippen LogP contribution in [0.3, 0.4) is 0 Å². The van der Waals surface area contributed by atoms with E-state index in [1.54, 1.807) is 0 Å². The molecule has 3 fully saturated rings. The van der Waals surface area contributed by atoms with Gasteiger partial charge in [0.05, 0.1) is 6.54 Å². The van der Waals surface area contributed by atoms with Gasteiger partial charge in [0.25, 0.3) is 0 Å². The Balaban J connectivity index is 0.00000104. The molecule has 5 rings (SSSR count). The molecule has 0 amide bonds. The summed E-state index contributed by atoms with van der Waals surface area (Å²) < 4.78 is 1.97. The smallest absolute Gasteiger partial charge is 0.0659 e. The number of nitrogens with zero attached hydrogens (tertiary/aromatic N) is 3. The number of piperidine rings is 1. The van der Waals surface area contributed by atoms with Crippen molar-refractivity contribution in [3.05, 3.63) is 53.9 Å². The molecule has 6 heteroatoms. The molecule has 0 aliphatic carbocycles. The van der Waals surface area contributed by atoms with E-state index in [-0.39, 0.29) is 24.8 Å². The van der Waals surface area contributed by atoms with Gasteiger partial charge >= 0.3 is 0 Å². The zero-order valence-electron chi connectivity index (χ0n) is 13.8. The summed E-state index contributed by atoms with van der Waals surface area (Å²) in [6.07, 6.45) is 6.59. The predicted octanol–water partition coefficient (Wildman–Crippen LogP) is 2.96. The number of benzene rings is 1. The normalized spacial score (nSPS) is 23.2. The van der Waals surface area contributed by atoms with Crippen molar-refractivity contribution in [1.82, 2.24) is 20.0 Å². The number of rotatable bonds is 4. The van der Waals surface area contributed by atoms with E-state index in [1.165, 1.54) is 43.6 Å². The van der Waals surface area contributed by atoms with Crippen LogP contribution in [0.1, 0.15) is 24.0 Å². The molecular formula is C18H26Cl2N4. The van der Waals surface area contributed by atoms with Gasteiger partial charge in [-0.1, -0.05) is 24.3 Å². The molecule has 0 radical (unpaired) electrons. The number of nitrogens with one attached hydrogen (secondary N) is 1. The molecule has 2 bridgehead atoms. The minimum absolute atomic E-state index is 0. The van der Waals surface area contributed by atoms with E-state index in [4.69, 9.17) is 0 Å². The Morgan fingerprint density at radius 1 is 1.00 bits per heavy atom. The number of hydrogen-bond donors (Lipinski definition) is 1. The van der Waals surface area contributed by atoms with E-state index >= 15 is 0 Å². The van der Waals surface area contributed by atoms with Gasteiger partial charge in [0.1, 0.15) is 0 Å². The fraction of sp³-hybridized carbons (Fsp3) is 0.500. The van der Waals surface area contributed by atoms with Gasteiger partial charge in [-0.15, -0.1) is 24.8 Å². The molecule has 1 N–H and O–H groups in total. The first-order chi connectivity index (χ1) is 10.8. The number of fused-ring (bicyclic) bond motifs is 4. The van der Waals surface area contributed by atoms with Crippen LogP contribution in [0.5, 0.6) is 0 Å². The lowest BCUT2D eigenvalue weighted by Gasteiger charge is -2.23. The summed E-state index contributed by atoms with van der Waals surface area (Å²) in [5.74, 6) is 0.845. The van der Waals surface area contributed by atoms with E-state index in [9.17, 15) is 0 Å². The van der Waals surface area contributed by atoms with E-state index in [2.05, 4.69) is 39.6 Å². The van der Waals surface area contributed by atoms with Crippen molar-refractivity contribution in [3.8, 4) is 0 Å². The summed E-state index contributed by atoms with van der Waals surface area (Å²) in [6.45, 7) is 5.59. The third-order valence-electron chi connectivity index (χ3n) is 4.95. The minimum Gasteiger partial charge on any atom is -0.312 e. The van der Waals surface area contributed by atoms with Gasteiger partial charge in [-0.2, -0.15) is 5.10 Å². The third-order valence-corrected chi connectivity index (χ3v) is 4.95. The van der Waals surface area contributed by atoms with Crippen LogP contribution in [0.4, 0.5) is 0 Å². The van der Waals surface area contributed by atoms with Gasteiger partial charge in [-0.25, -0.2) is 0 Å². The number of aromatic nitrogens is 2. The molecule has 0 unspecified atom stereocenters. The summed E-state index contributed by atoms with van der Waals surface area (Å²) in [4.78, 5) is 2.63. The number of halogens is 2. The molecule has 4 heterocycles. The highest BCUT2D eigenvalue weighted by Gasteiger charge is 2.28. The summed E-state index contributed by atoms with van der Waals surface area (Å²) in [5, 5.41) is 7.94. The summed E-state index contributed by atoms with van der Waals surface area (Å²) in [6, 6.07) is 11.7. The van der Waals surface area contributed by atoms with Crippen LogP contribution in [-0.2, 0) is 13.1 Å². The second-order valence-corrected chi connectivity index (χ2v) is 6.76. The van der Waals surface area contributed by atoms with Crippen molar-refractivity contribution >= 4 is 24.8 Å². The lowest BCUT2D eigenvalue weighted by molar-refractivity contribution is 0.256. The minimum atomic E-state index is 0. The standard InChI is InChI=1S/C18H24N4.2ClH/c1-8-20-22(9-1)13-16-4-2-15(3-5-16)11-21-12-17-6-7-18(14-21)19-10-17;;/h1-5,8-9,17-19H,6-7,10-14H2;2*1H/t17-,18-;;/m0../s1. The summed E-state index contributed by atoms with van der Waals surface area (Å²) >= 11 is 0. The Morgan fingerprint density at radius 3 is 2.38 bits per heavy atom. The van der Waals surface area contributed by atoms with Crippen molar-refractivity contribution in [2.24, 2.45) is 5.92 Å². The molecule has 132 valence electrons. The molecule has 4 nitrogen and oxygen atoms in total. The Labute approximate surface area is 156 Å². The maximum absolute atomic E-state index is 4.26. The fourth-order valence-electron chi connectivity index (χ4n) is 3.76. The molecule has 0 spiro atoms. The highest BCUT2D eigenvalue weighted by Crippen LogP contribution is 2.22. The predicted molar refractivity (Wildman–Crippen MR) is 102 cm³/mol. The van der Waals surface area contributed by atoms with Crippen LogP contribution in [0.2, 0.25) is 0 Å². The topological polar surface area (TPSA) is 33.1 Å². The van der Waals surface area contributed by atoms with E-state index in [0.717, 1.165) is 19.0 Å². The molecule has 3 aliphatic heterocycles. The van der Waals surface area contributed by atoms with Crippen molar-refractivity contribution in [2.75, 3.05) is 19.6 Å². The lowest BCUT2D eigenvalue weighted by Crippen LogP contribution is -2.39. The van der Waals surface area contributed by atoms with Crippen molar-refractivity contribution in [1.29, 1.82) is 0 Å². The first kappa shape index (κ1) is 19.3.